The number of amides is 4. The van der Waals surface area contributed by atoms with Gasteiger partial charge < -0.3 is 15.1 Å². The predicted molar refractivity (Wildman–Crippen MR) is 97.8 cm³/mol. The molecule has 0 spiro atoms. The molecular formula is C17H20N4O4S. The van der Waals surface area contributed by atoms with E-state index in [1.54, 1.807) is 0 Å². The molecule has 138 valence electrons. The Balaban J connectivity index is 1.42. The Hall–Kier alpha value is -2.55. The summed E-state index contributed by atoms with van der Waals surface area (Å²) in [6, 6.07) is 9.92. The average molecular weight is 376 g/mol. The third-order valence-corrected chi connectivity index (χ3v) is 5.20. The van der Waals surface area contributed by atoms with Crippen molar-refractivity contribution in [2.45, 2.75) is 0 Å². The largest absolute Gasteiger partial charge is 0.368 e. The molecule has 2 aliphatic rings. The summed E-state index contributed by atoms with van der Waals surface area (Å²) in [5.41, 5.74) is 1.10. The SMILES string of the molecule is O=C(NCCN1C(=O)CSC1=O)C(=O)N1CCN(c2ccccc2)CC1. The standard InChI is InChI=1S/C17H20N4O4S/c22-14-12-26-17(25)21(14)7-6-18-15(23)16(24)20-10-8-19(9-11-20)13-4-2-1-3-5-13/h1-5H,6-12H2,(H,18,23). The van der Waals surface area contributed by atoms with E-state index in [2.05, 4.69) is 10.2 Å². The highest BCUT2D eigenvalue weighted by Gasteiger charge is 2.30. The number of thioether (sulfide) groups is 1. The van der Waals surface area contributed by atoms with Crippen molar-refractivity contribution >= 4 is 40.4 Å². The van der Waals surface area contributed by atoms with Crippen molar-refractivity contribution in [3.05, 3.63) is 30.3 Å². The number of hydrogen-bond donors (Lipinski definition) is 1. The van der Waals surface area contributed by atoms with Crippen LogP contribution in [0.15, 0.2) is 30.3 Å². The number of imide groups is 1. The van der Waals surface area contributed by atoms with Crippen molar-refractivity contribution in [3.8, 4) is 0 Å². The predicted octanol–water partition coefficient (Wildman–Crippen LogP) is 0.147. The first kappa shape index (κ1) is 18.2. The number of carbonyl (C=O) groups is 4. The number of nitrogens with one attached hydrogen (secondary N) is 1. The van der Waals surface area contributed by atoms with E-state index >= 15 is 0 Å². The molecule has 1 aromatic carbocycles. The van der Waals surface area contributed by atoms with Crippen LogP contribution in [0.1, 0.15) is 0 Å². The number of anilines is 1. The van der Waals surface area contributed by atoms with E-state index < -0.39 is 11.8 Å². The number of rotatable bonds is 4. The fraction of sp³-hybridized carbons (Fsp3) is 0.412. The highest BCUT2D eigenvalue weighted by molar-refractivity contribution is 8.14. The second kappa shape index (κ2) is 8.22. The summed E-state index contributed by atoms with van der Waals surface area (Å²) in [7, 11) is 0. The van der Waals surface area contributed by atoms with Crippen LogP contribution in [0.4, 0.5) is 10.5 Å². The molecule has 3 rings (SSSR count). The van der Waals surface area contributed by atoms with E-state index in [1.165, 1.54) is 4.90 Å². The lowest BCUT2D eigenvalue weighted by Crippen LogP contribution is -2.53. The maximum absolute atomic E-state index is 12.2. The van der Waals surface area contributed by atoms with E-state index in [1.807, 2.05) is 30.3 Å². The molecule has 9 heteroatoms. The van der Waals surface area contributed by atoms with Gasteiger partial charge in [0.05, 0.1) is 5.75 Å². The first-order valence-electron chi connectivity index (χ1n) is 8.40. The minimum atomic E-state index is -0.704. The number of benzene rings is 1. The fourth-order valence-electron chi connectivity index (χ4n) is 2.90. The van der Waals surface area contributed by atoms with Gasteiger partial charge in [-0.1, -0.05) is 30.0 Å². The van der Waals surface area contributed by atoms with Crippen molar-refractivity contribution in [2.75, 3.05) is 49.9 Å². The molecule has 4 amide bonds. The molecular weight excluding hydrogens is 356 g/mol. The van der Waals surface area contributed by atoms with Gasteiger partial charge in [-0.25, -0.2) is 0 Å². The van der Waals surface area contributed by atoms with Gasteiger partial charge in [-0.15, -0.1) is 0 Å². The Morgan fingerprint density at radius 3 is 2.35 bits per heavy atom. The summed E-state index contributed by atoms with van der Waals surface area (Å²) in [4.78, 5) is 52.0. The maximum Gasteiger partial charge on any atom is 0.312 e. The van der Waals surface area contributed by atoms with Crippen LogP contribution in [0.25, 0.3) is 0 Å². The van der Waals surface area contributed by atoms with Gasteiger partial charge in [-0.3, -0.25) is 24.1 Å². The Kier molecular flexibility index (Phi) is 5.77. The summed E-state index contributed by atoms with van der Waals surface area (Å²) < 4.78 is 0. The van der Waals surface area contributed by atoms with Crippen molar-refractivity contribution in [2.24, 2.45) is 0 Å². The fourth-order valence-corrected chi connectivity index (χ4v) is 3.66. The van der Waals surface area contributed by atoms with E-state index in [0.717, 1.165) is 22.3 Å². The zero-order valence-electron chi connectivity index (χ0n) is 14.2. The molecule has 2 heterocycles. The molecule has 1 aromatic rings. The molecule has 0 bridgehead atoms. The number of nitrogens with zero attached hydrogens (tertiary/aromatic N) is 3. The van der Waals surface area contributed by atoms with Crippen LogP contribution in [-0.4, -0.2) is 77.8 Å². The van der Waals surface area contributed by atoms with E-state index in [-0.39, 0.29) is 30.0 Å². The Morgan fingerprint density at radius 1 is 1.04 bits per heavy atom. The van der Waals surface area contributed by atoms with Crippen molar-refractivity contribution in [3.63, 3.8) is 0 Å². The second-order valence-corrected chi connectivity index (χ2v) is 6.90. The van der Waals surface area contributed by atoms with Gasteiger partial charge >= 0.3 is 11.8 Å². The van der Waals surface area contributed by atoms with Crippen LogP contribution in [0.3, 0.4) is 0 Å². The molecule has 2 aliphatic heterocycles. The number of piperazine rings is 1. The number of para-hydroxylation sites is 1. The van der Waals surface area contributed by atoms with Crippen LogP contribution in [0.2, 0.25) is 0 Å². The summed E-state index contributed by atoms with van der Waals surface area (Å²) in [5.74, 6) is -1.41. The normalized spacial score (nSPS) is 17.6. The van der Waals surface area contributed by atoms with E-state index in [0.29, 0.717) is 26.2 Å². The van der Waals surface area contributed by atoms with Crippen molar-refractivity contribution in [1.82, 2.24) is 15.1 Å². The van der Waals surface area contributed by atoms with Crippen LogP contribution in [0, 0.1) is 0 Å². The Bertz CT molecular complexity index is 688. The minimum absolute atomic E-state index is 0.0760. The van der Waals surface area contributed by atoms with Gasteiger partial charge in [0.15, 0.2) is 0 Å². The molecule has 0 atom stereocenters. The maximum atomic E-state index is 12.2. The van der Waals surface area contributed by atoms with Gasteiger partial charge in [-0.2, -0.15) is 0 Å². The van der Waals surface area contributed by atoms with Gasteiger partial charge in [0.2, 0.25) is 5.91 Å². The average Bonchev–Trinajstić information content (AvgIpc) is 3.00. The zero-order valence-corrected chi connectivity index (χ0v) is 15.0. The molecule has 2 fully saturated rings. The lowest BCUT2D eigenvalue weighted by molar-refractivity contribution is -0.146. The smallest absolute Gasteiger partial charge is 0.312 e. The quantitative estimate of drug-likeness (QED) is 0.753. The molecule has 2 saturated heterocycles. The third-order valence-electron chi connectivity index (χ3n) is 4.34. The van der Waals surface area contributed by atoms with Crippen LogP contribution in [0.5, 0.6) is 0 Å². The summed E-state index contributed by atoms with van der Waals surface area (Å²) >= 11 is 0.945. The van der Waals surface area contributed by atoms with Crippen LogP contribution in [-0.2, 0) is 14.4 Å². The molecule has 1 N–H and O–H groups in total. The Labute approximate surface area is 155 Å². The second-order valence-electron chi connectivity index (χ2n) is 5.97. The lowest BCUT2D eigenvalue weighted by Gasteiger charge is -2.35. The third kappa shape index (κ3) is 4.16. The van der Waals surface area contributed by atoms with Crippen LogP contribution < -0.4 is 10.2 Å². The van der Waals surface area contributed by atoms with Crippen molar-refractivity contribution < 1.29 is 19.2 Å². The van der Waals surface area contributed by atoms with Gasteiger partial charge in [-0.05, 0) is 12.1 Å². The molecule has 0 radical (unpaired) electrons. The zero-order chi connectivity index (χ0) is 18.5. The number of hydrogen-bond acceptors (Lipinski definition) is 6. The van der Waals surface area contributed by atoms with E-state index in [9.17, 15) is 19.2 Å². The molecule has 26 heavy (non-hydrogen) atoms. The summed E-state index contributed by atoms with van der Waals surface area (Å²) in [6.45, 7) is 2.44. The van der Waals surface area contributed by atoms with Gasteiger partial charge in [0.1, 0.15) is 0 Å². The number of carbonyl (C=O) groups excluding carboxylic acids is 4. The summed E-state index contributed by atoms with van der Waals surface area (Å²) in [5, 5.41) is 2.18. The molecule has 8 nitrogen and oxygen atoms in total. The Morgan fingerprint density at radius 2 is 1.73 bits per heavy atom. The molecule has 0 saturated carbocycles. The van der Waals surface area contributed by atoms with E-state index in [4.69, 9.17) is 0 Å². The van der Waals surface area contributed by atoms with Gasteiger partial charge in [0.25, 0.3) is 5.24 Å². The minimum Gasteiger partial charge on any atom is -0.368 e. The summed E-state index contributed by atoms with van der Waals surface area (Å²) in [6.07, 6.45) is 0. The molecule has 0 aliphatic carbocycles. The topological polar surface area (TPSA) is 90.0 Å². The van der Waals surface area contributed by atoms with Crippen LogP contribution >= 0.6 is 11.8 Å². The highest BCUT2D eigenvalue weighted by Crippen LogP contribution is 2.18. The van der Waals surface area contributed by atoms with Gasteiger partial charge in [0, 0.05) is 45.0 Å². The first-order chi connectivity index (χ1) is 12.6. The van der Waals surface area contributed by atoms with Crippen molar-refractivity contribution in [1.29, 1.82) is 0 Å². The highest BCUT2D eigenvalue weighted by atomic mass is 32.2. The molecule has 0 aromatic heterocycles. The lowest BCUT2D eigenvalue weighted by atomic mass is 10.2. The first-order valence-corrected chi connectivity index (χ1v) is 9.39. The monoisotopic (exact) mass is 376 g/mol. The molecule has 0 unspecified atom stereocenters.